The van der Waals surface area contributed by atoms with Gasteiger partial charge in [-0.25, -0.2) is 4.98 Å². The number of hydrogen-bond donors (Lipinski definition) is 2. The Bertz CT molecular complexity index is 424. The zero-order chi connectivity index (χ0) is 9.97. The Kier molecular flexibility index (Phi) is 2.74. The lowest BCUT2D eigenvalue weighted by Gasteiger charge is -2.09. The summed E-state index contributed by atoms with van der Waals surface area (Å²) < 4.78 is 0. The summed E-state index contributed by atoms with van der Waals surface area (Å²) in [7, 11) is 0. The van der Waals surface area contributed by atoms with Crippen LogP contribution >= 0.6 is 11.8 Å². The molecule has 4 heteroatoms. The first-order valence-electron chi connectivity index (χ1n) is 4.49. The van der Waals surface area contributed by atoms with Gasteiger partial charge in [-0.05, 0) is 24.0 Å². The minimum absolute atomic E-state index is 0.109. The second kappa shape index (κ2) is 4.02. The molecule has 3 N–H and O–H groups in total. The van der Waals surface area contributed by atoms with E-state index in [4.69, 9.17) is 5.73 Å². The van der Waals surface area contributed by atoms with Crippen LogP contribution in [-0.2, 0) is 0 Å². The summed E-state index contributed by atoms with van der Waals surface area (Å²) in [5.74, 6) is 0.944. The first-order chi connectivity index (χ1) is 6.81. The highest BCUT2D eigenvalue weighted by atomic mass is 32.2. The van der Waals surface area contributed by atoms with Crippen molar-refractivity contribution in [2.75, 3.05) is 12.0 Å². The number of nitrogens with two attached hydrogens (primary N) is 1. The van der Waals surface area contributed by atoms with Crippen molar-refractivity contribution in [1.82, 2.24) is 9.97 Å². The van der Waals surface area contributed by atoms with Crippen molar-refractivity contribution in [2.24, 2.45) is 5.73 Å². The number of imidazole rings is 1. The fourth-order valence-electron chi connectivity index (χ4n) is 1.46. The summed E-state index contributed by atoms with van der Waals surface area (Å²) in [5.41, 5.74) is 9.22. The Labute approximate surface area is 87.1 Å². The fraction of sp³-hybridized carbons (Fsp3) is 0.300. The molecule has 2 rings (SSSR count). The Morgan fingerprint density at radius 3 is 3.21 bits per heavy atom. The second-order valence-electron chi connectivity index (χ2n) is 3.24. The molecule has 0 spiro atoms. The maximum absolute atomic E-state index is 6.01. The minimum atomic E-state index is 0.109. The smallest absolute Gasteiger partial charge is 0.0931 e. The van der Waals surface area contributed by atoms with E-state index in [1.165, 1.54) is 0 Å². The van der Waals surface area contributed by atoms with E-state index in [0.29, 0.717) is 0 Å². The number of nitrogens with one attached hydrogen (secondary N) is 1. The van der Waals surface area contributed by atoms with Crippen molar-refractivity contribution >= 4 is 22.8 Å². The highest BCUT2D eigenvalue weighted by Gasteiger charge is 2.06. The van der Waals surface area contributed by atoms with Crippen LogP contribution in [0.1, 0.15) is 11.6 Å². The van der Waals surface area contributed by atoms with E-state index < -0.39 is 0 Å². The summed E-state index contributed by atoms with van der Waals surface area (Å²) in [5, 5.41) is 0. The van der Waals surface area contributed by atoms with Gasteiger partial charge in [0.2, 0.25) is 0 Å². The Hall–Kier alpha value is -1.00. The maximum atomic E-state index is 6.01. The van der Waals surface area contributed by atoms with E-state index >= 15 is 0 Å². The van der Waals surface area contributed by atoms with Gasteiger partial charge in [0.25, 0.3) is 0 Å². The van der Waals surface area contributed by atoms with Crippen LogP contribution in [0.25, 0.3) is 11.0 Å². The molecular weight excluding hydrogens is 194 g/mol. The van der Waals surface area contributed by atoms with Gasteiger partial charge in [-0.2, -0.15) is 11.8 Å². The van der Waals surface area contributed by atoms with Gasteiger partial charge >= 0.3 is 0 Å². The molecule has 0 bridgehead atoms. The molecular formula is C10H13N3S. The molecule has 3 nitrogen and oxygen atoms in total. The van der Waals surface area contributed by atoms with Gasteiger partial charge in [0, 0.05) is 11.8 Å². The number of benzene rings is 1. The fourth-order valence-corrected chi connectivity index (χ4v) is 2.01. The van der Waals surface area contributed by atoms with Crippen LogP contribution in [0, 0.1) is 0 Å². The third-order valence-corrected chi connectivity index (χ3v) is 2.91. The summed E-state index contributed by atoms with van der Waals surface area (Å²) >= 11 is 1.76. The first-order valence-corrected chi connectivity index (χ1v) is 5.88. The van der Waals surface area contributed by atoms with Crippen molar-refractivity contribution < 1.29 is 0 Å². The number of rotatable bonds is 3. The topological polar surface area (TPSA) is 54.7 Å². The molecule has 1 aromatic heterocycles. The Morgan fingerprint density at radius 2 is 2.43 bits per heavy atom. The lowest BCUT2D eigenvalue weighted by atomic mass is 10.1. The van der Waals surface area contributed by atoms with E-state index in [1.54, 1.807) is 18.1 Å². The van der Waals surface area contributed by atoms with Crippen LogP contribution in [0.3, 0.4) is 0 Å². The molecule has 2 aromatic rings. The Morgan fingerprint density at radius 1 is 1.57 bits per heavy atom. The van der Waals surface area contributed by atoms with Crippen molar-refractivity contribution in [3.63, 3.8) is 0 Å². The molecule has 1 unspecified atom stereocenters. The monoisotopic (exact) mass is 207 g/mol. The van der Waals surface area contributed by atoms with Crippen LogP contribution in [0.4, 0.5) is 0 Å². The molecule has 1 heterocycles. The van der Waals surface area contributed by atoms with Crippen LogP contribution in [0.15, 0.2) is 24.5 Å². The van der Waals surface area contributed by atoms with Gasteiger partial charge < -0.3 is 10.7 Å². The molecule has 1 atom stereocenters. The molecule has 0 aliphatic heterocycles. The first kappa shape index (κ1) is 9.55. The van der Waals surface area contributed by atoms with Crippen LogP contribution in [-0.4, -0.2) is 22.0 Å². The van der Waals surface area contributed by atoms with Crippen LogP contribution in [0.5, 0.6) is 0 Å². The average molecular weight is 207 g/mol. The third-order valence-electron chi connectivity index (χ3n) is 2.22. The Balaban J connectivity index is 2.33. The summed E-state index contributed by atoms with van der Waals surface area (Å²) in [6, 6.07) is 6.23. The molecule has 74 valence electrons. The van der Waals surface area contributed by atoms with Crippen molar-refractivity contribution in [3.05, 3.63) is 30.1 Å². The lowest BCUT2D eigenvalue weighted by Crippen LogP contribution is -2.12. The molecule has 0 fully saturated rings. The minimum Gasteiger partial charge on any atom is -0.345 e. The van der Waals surface area contributed by atoms with E-state index in [9.17, 15) is 0 Å². The number of hydrogen-bond acceptors (Lipinski definition) is 3. The van der Waals surface area contributed by atoms with Crippen LogP contribution < -0.4 is 5.73 Å². The van der Waals surface area contributed by atoms with Crippen molar-refractivity contribution in [2.45, 2.75) is 6.04 Å². The third kappa shape index (κ3) is 1.76. The van der Waals surface area contributed by atoms with Gasteiger partial charge in [-0.15, -0.1) is 0 Å². The molecule has 0 saturated carbocycles. The molecule has 0 aliphatic rings. The number of aromatic nitrogens is 2. The second-order valence-corrected chi connectivity index (χ2v) is 4.15. The SMILES string of the molecule is CSCC(N)c1ccc2nc[nH]c2c1. The molecule has 14 heavy (non-hydrogen) atoms. The van der Waals surface area contributed by atoms with E-state index in [0.717, 1.165) is 22.3 Å². The van der Waals surface area contributed by atoms with Gasteiger partial charge in [0.1, 0.15) is 0 Å². The molecule has 0 amide bonds. The highest BCUT2D eigenvalue weighted by Crippen LogP contribution is 2.18. The largest absolute Gasteiger partial charge is 0.345 e. The summed E-state index contributed by atoms with van der Waals surface area (Å²) in [4.78, 5) is 7.25. The summed E-state index contributed by atoms with van der Waals surface area (Å²) in [6.45, 7) is 0. The number of thioether (sulfide) groups is 1. The number of H-pyrrole nitrogens is 1. The van der Waals surface area contributed by atoms with Gasteiger partial charge in [0.05, 0.1) is 17.4 Å². The number of nitrogens with zero attached hydrogens (tertiary/aromatic N) is 1. The molecule has 0 radical (unpaired) electrons. The van der Waals surface area contributed by atoms with E-state index in [2.05, 4.69) is 22.3 Å². The zero-order valence-corrected chi connectivity index (χ0v) is 8.84. The highest BCUT2D eigenvalue weighted by molar-refractivity contribution is 7.98. The van der Waals surface area contributed by atoms with Gasteiger partial charge in [0.15, 0.2) is 0 Å². The molecule has 0 saturated heterocycles. The van der Waals surface area contributed by atoms with Crippen molar-refractivity contribution in [3.8, 4) is 0 Å². The summed E-state index contributed by atoms with van der Waals surface area (Å²) in [6.07, 6.45) is 3.77. The van der Waals surface area contributed by atoms with Crippen LogP contribution in [0.2, 0.25) is 0 Å². The normalized spacial score (nSPS) is 13.3. The molecule has 0 aliphatic carbocycles. The quantitative estimate of drug-likeness (QED) is 0.808. The lowest BCUT2D eigenvalue weighted by molar-refractivity contribution is 0.834. The predicted octanol–water partition coefficient (Wildman–Crippen LogP) is 1.93. The predicted molar refractivity (Wildman–Crippen MR) is 61.4 cm³/mol. The zero-order valence-electron chi connectivity index (χ0n) is 8.03. The number of fused-ring (bicyclic) bond motifs is 1. The van der Waals surface area contributed by atoms with Gasteiger partial charge in [-0.1, -0.05) is 6.07 Å². The van der Waals surface area contributed by atoms with Gasteiger partial charge in [-0.3, -0.25) is 0 Å². The number of aromatic amines is 1. The molecule has 1 aromatic carbocycles. The van der Waals surface area contributed by atoms with E-state index in [-0.39, 0.29) is 6.04 Å². The van der Waals surface area contributed by atoms with E-state index in [1.807, 2.05) is 12.1 Å². The standard InChI is InChI=1S/C10H13N3S/c1-14-5-8(11)7-2-3-9-10(4-7)13-6-12-9/h2-4,6,8H,5,11H2,1H3,(H,12,13). The maximum Gasteiger partial charge on any atom is 0.0931 e. The van der Waals surface area contributed by atoms with Crippen molar-refractivity contribution in [1.29, 1.82) is 0 Å². The average Bonchev–Trinajstić information content (AvgIpc) is 2.64.